The first-order chi connectivity index (χ1) is 6.74. The molecule has 4 heteroatoms. The van der Waals surface area contributed by atoms with Crippen LogP contribution in [-0.4, -0.2) is 35.6 Å². The second-order valence-electron chi connectivity index (χ2n) is 3.42. The predicted molar refractivity (Wildman–Crippen MR) is 59.3 cm³/mol. The summed E-state index contributed by atoms with van der Waals surface area (Å²) in [5.74, 6) is -0.205. The topological polar surface area (TPSA) is 29.5 Å². The molecule has 1 aliphatic rings. The molecule has 0 amide bonds. The van der Waals surface area contributed by atoms with Gasteiger partial charge in [-0.25, -0.2) is 0 Å². The van der Waals surface area contributed by atoms with Gasteiger partial charge in [0.15, 0.2) is 0 Å². The maximum Gasteiger partial charge on any atom is 0.312 e. The van der Waals surface area contributed by atoms with Gasteiger partial charge >= 0.3 is 5.97 Å². The van der Waals surface area contributed by atoms with Crippen LogP contribution < -0.4 is 0 Å². The Morgan fingerprint density at radius 1 is 1.36 bits per heavy atom. The number of thiocarbonyl (C=S) groups is 1. The molecule has 0 aromatic heterocycles. The van der Waals surface area contributed by atoms with Crippen LogP contribution in [0.2, 0.25) is 0 Å². The third-order valence-corrected chi connectivity index (χ3v) is 2.71. The van der Waals surface area contributed by atoms with Gasteiger partial charge in [-0.15, -0.1) is 0 Å². The molecule has 1 saturated heterocycles. The quantitative estimate of drug-likeness (QED) is 0.530. The number of carbonyl (C=O) groups is 1. The molecule has 0 N–H and O–H groups in total. The Labute approximate surface area is 90.4 Å². The zero-order valence-electron chi connectivity index (χ0n) is 8.62. The number of hydrogen-bond donors (Lipinski definition) is 0. The van der Waals surface area contributed by atoms with Gasteiger partial charge in [-0.05, 0) is 26.2 Å². The van der Waals surface area contributed by atoms with E-state index < -0.39 is 0 Å². The van der Waals surface area contributed by atoms with Gasteiger partial charge in [0.2, 0.25) is 0 Å². The average molecular weight is 215 g/mol. The van der Waals surface area contributed by atoms with Crippen molar-refractivity contribution in [2.75, 3.05) is 19.7 Å². The van der Waals surface area contributed by atoms with Crippen LogP contribution in [0.3, 0.4) is 0 Å². The molecule has 0 aromatic carbocycles. The molecule has 80 valence electrons. The molecule has 0 bridgehead atoms. The van der Waals surface area contributed by atoms with Crippen molar-refractivity contribution < 1.29 is 9.53 Å². The van der Waals surface area contributed by atoms with Crippen LogP contribution in [0.5, 0.6) is 0 Å². The van der Waals surface area contributed by atoms with E-state index in [2.05, 4.69) is 4.90 Å². The second kappa shape index (κ2) is 5.96. The summed E-state index contributed by atoms with van der Waals surface area (Å²) < 4.78 is 4.85. The predicted octanol–water partition coefficient (Wildman–Crippen LogP) is 1.75. The van der Waals surface area contributed by atoms with Crippen molar-refractivity contribution in [1.82, 2.24) is 4.90 Å². The Kier molecular flexibility index (Phi) is 4.87. The summed E-state index contributed by atoms with van der Waals surface area (Å²) in [6.07, 6.45) is 3.91. The highest BCUT2D eigenvalue weighted by Gasteiger charge is 2.16. The standard InChI is InChI=1S/C10H17NO2S/c1-2-13-10(12)8-9(14)11-6-4-3-5-7-11/h2-8H2,1H3. The lowest BCUT2D eigenvalue weighted by atomic mass is 10.1. The number of ether oxygens (including phenoxy) is 1. The summed E-state index contributed by atoms with van der Waals surface area (Å²) in [6.45, 7) is 4.24. The summed E-state index contributed by atoms with van der Waals surface area (Å²) in [5.41, 5.74) is 0. The summed E-state index contributed by atoms with van der Waals surface area (Å²) in [6, 6.07) is 0. The summed E-state index contributed by atoms with van der Waals surface area (Å²) >= 11 is 5.19. The number of carbonyl (C=O) groups excluding carboxylic acids is 1. The van der Waals surface area contributed by atoms with Crippen molar-refractivity contribution >= 4 is 23.2 Å². The van der Waals surface area contributed by atoms with Gasteiger partial charge in [0, 0.05) is 13.1 Å². The average Bonchev–Trinajstić information content (AvgIpc) is 2.19. The molecule has 0 aliphatic carbocycles. The van der Waals surface area contributed by atoms with E-state index in [1.54, 1.807) is 0 Å². The molecule has 1 fully saturated rings. The van der Waals surface area contributed by atoms with E-state index in [-0.39, 0.29) is 12.4 Å². The first-order valence-electron chi connectivity index (χ1n) is 5.17. The van der Waals surface area contributed by atoms with Gasteiger partial charge in [-0.1, -0.05) is 12.2 Å². The zero-order valence-corrected chi connectivity index (χ0v) is 9.44. The van der Waals surface area contributed by atoms with E-state index in [1.807, 2.05) is 6.92 Å². The van der Waals surface area contributed by atoms with E-state index in [9.17, 15) is 4.79 Å². The van der Waals surface area contributed by atoms with Crippen LogP contribution in [0.25, 0.3) is 0 Å². The minimum atomic E-state index is -0.205. The number of piperidine rings is 1. The molecule has 0 radical (unpaired) electrons. The molecule has 1 heterocycles. The molecular weight excluding hydrogens is 198 g/mol. The van der Waals surface area contributed by atoms with Crippen molar-refractivity contribution in [3.05, 3.63) is 0 Å². The zero-order chi connectivity index (χ0) is 10.4. The minimum absolute atomic E-state index is 0.205. The van der Waals surface area contributed by atoms with E-state index in [0.717, 1.165) is 18.1 Å². The van der Waals surface area contributed by atoms with Gasteiger partial charge in [0.1, 0.15) is 0 Å². The number of hydrogen-bond acceptors (Lipinski definition) is 3. The second-order valence-corrected chi connectivity index (χ2v) is 3.89. The molecular formula is C10H17NO2S. The van der Waals surface area contributed by atoms with E-state index in [0.29, 0.717) is 6.61 Å². The van der Waals surface area contributed by atoms with Gasteiger partial charge in [0.25, 0.3) is 0 Å². The monoisotopic (exact) mass is 215 g/mol. The molecule has 1 aliphatic heterocycles. The van der Waals surface area contributed by atoms with Crippen LogP contribution in [0.1, 0.15) is 32.6 Å². The Balaban J connectivity index is 2.29. The fourth-order valence-electron chi connectivity index (χ4n) is 1.59. The highest BCUT2D eigenvalue weighted by Crippen LogP contribution is 2.11. The Bertz CT molecular complexity index is 212. The van der Waals surface area contributed by atoms with E-state index >= 15 is 0 Å². The molecule has 0 atom stereocenters. The number of nitrogens with zero attached hydrogens (tertiary/aromatic N) is 1. The lowest BCUT2D eigenvalue weighted by Gasteiger charge is -2.28. The molecule has 1 rings (SSSR count). The van der Waals surface area contributed by atoms with Gasteiger partial charge < -0.3 is 9.64 Å². The molecule has 3 nitrogen and oxygen atoms in total. The third-order valence-electron chi connectivity index (χ3n) is 2.31. The van der Waals surface area contributed by atoms with Crippen LogP contribution in [0.4, 0.5) is 0 Å². The van der Waals surface area contributed by atoms with Crippen LogP contribution >= 0.6 is 12.2 Å². The van der Waals surface area contributed by atoms with Gasteiger partial charge in [-0.2, -0.15) is 0 Å². The fraction of sp³-hybridized carbons (Fsp3) is 0.800. The highest BCUT2D eigenvalue weighted by molar-refractivity contribution is 7.80. The smallest absolute Gasteiger partial charge is 0.312 e. The third kappa shape index (κ3) is 3.62. The molecule has 0 aromatic rings. The first-order valence-corrected chi connectivity index (χ1v) is 5.58. The van der Waals surface area contributed by atoms with E-state index in [4.69, 9.17) is 17.0 Å². The SMILES string of the molecule is CCOC(=O)CC(=S)N1CCCCC1. The largest absolute Gasteiger partial charge is 0.466 e. The summed E-state index contributed by atoms with van der Waals surface area (Å²) in [4.78, 5) is 14.0. The minimum Gasteiger partial charge on any atom is -0.466 e. The van der Waals surface area contributed by atoms with Gasteiger partial charge in [0.05, 0.1) is 18.0 Å². The van der Waals surface area contributed by atoms with Crippen LogP contribution in [-0.2, 0) is 9.53 Å². The Hall–Kier alpha value is -0.640. The summed E-state index contributed by atoms with van der Waals surface area (Å²) in [7, 11) is 0. The van der Waals surface area contributed by atoms with Gasteiger partial charge in [-0.3, -0.25) is 4.79 Å². The molecule has 14 heavy (non-hydrogen) atoms. The normalized spacial score (nSPS) is 16.5. The Morgan fingerprint density at radius 3 is 2.57 bits per heavy atom. The van der Waals surface area contributed by atoms with Crippen molar-refractivity contribution in [3.63, 3.8) is 0 Å². The van der Waals surface area contributed by atoms with E-state index in [1.165, 1.54) is 19.3 Å². The van der Waals surface area contributed by atoms with Crippen molar-refractivity contribution in [1.29, 1.82) is 0 Å². The maximum atomic E-state index is 11.2. The summed E-state index contributed by atoms with van der Waals surface area (Å²) in [5, 5.41) is 0. The van der Waals surface area contributed by atoms with Crippen molar-refractivity contribution in [2.24, 2.45) is 0 Å². The number of likely N-dealkylation sites (tertiary alicyclic amines) is 1. The lowest BCUT2D eigenvalue weighted by Crippen LogP contribution is -2.35. The maximum absolute atomic E-state index is 11.2. The number of esters is 1. The number of rotatable bonds is 3. The first kappa shape index (κ1) is 11.4. The van der Waals surface area contributed by atoms with Crippen LogP contribution in [0.15, 0.2) is 0 Å². The van der Waals surface area contributed by atoms with Crippen molar-refractivity contribution in [2.45, 2.75) is 32.6 Å². The fourth-order valence-corrected chi connectivity index (χ4v) is 1.89. The molecule has 0 saturated carbocycles. The highest BCUT2D eigenvalue weighted by atomic mass is 32.1. The van der Waals surface area contributed by atoms with Crippen LogP contribution in [0, 0.1) is 0 Å². The Morgan fingerprint density at radius 2 is 2.00 bits per heavy atom. The lowest BCUT2D eigenvalue weighted by molar-refractivity contribution is -0.141. The molecule has 0 unspecified atom stereocenters. The van der Waals surface area contributed by atoms with Crippen molar-refractivity contribution in [3.8, 4) is 0 Å². The molecule has 0 spiro atoms.